The summed E-state index contributed by atoms with van der Waals surface area (Å²) in [5.74, 6) is -2.51. The topological polar surface area (TPSA) is 79.2 Å². The number of carbonyl (C=O) groups is 1. The highest BCUT2D eigenvalue weighted by atomic mass is 19.3. The number of alkyl halides is 2. The fourth-order valence-corrected chi connectivity index (χ4v) is 4.06. The highest BCUT2D eigenvalue weighted by Crippen LogP contribution is 2.39. The van der Waals surface area contributed by atoms with E-state index >= 15 is 0 Å². The largest absolute Gasteiger partial charge is 0.349 e. The van der Waals surface area contributed by atoms with Crippen molar-refractivity contribution >= 4 is 17.5 Å². The van der Waals surface area contributed by atoms with E-state index in [0.29, 0.717) is 24.5 Å². The Morgan fingerprint density at radius 3 is 2.72 bits per heavy atom. The molecule has 0 radical (unpaired) electrons. The molecule has 0 spiro atoms. The van der Waals surface area contributed by atoms with E-state index in [4.69, 9.17) is 0 Å². The summed E-state index contributed by atoms with van der Waals surface area (Å²) in [4.78, 5) is 20.4. The Kier molecular flexibility index (Phi) is 4.95. The molecule has 1 fully saturated rings. The first-order valence-electron chi connectivity index (χ1n) is 10.2. The minimum Gasteiger partial charge on any atom is -0.349 e. The lowest BCUT2D eigenvalue weighted by Crippen LogP contribution is -2.41. The van der Waals surface area contributed by atoms with Crippen LogP contribution in [0.4, 0.5) is 29.5 Å². The van der Waals surface area contributed by atoms with Gasteiger partial charge in [0, 0.05) is 43.4 Å². The molecule has 2 aliphatic heterocycles. The Labute approximate surface area is 181 Å². The lowest BCUT2D eigenvalue weighted by Gasteiger charge is -2.29. The Morgan fingerprint density at radius 1 is 1.09 bits per heavy atom. The van der Waals surface area contributed by atoms with Gasteiger partial charge in [-0.2, -0.15) is 0 Å². The summed E-state index contributed by atoms with van der Waals surface area (Å²) in [5, 5.41) is 10.7. The number of pyridine rings is 1. The van der Waals surface area contributed by atoms with Crippen molar-refractivity contribution in [2.75, 3.05) is 29.9 Å². The summed E-state index contributed by atoms with van der Waals surface area (Å²) in [6.45, 7) is 0.766. The number of rotatable bonds is 3. The molecule has 0 atom stereocenters. The monoisotopic (exact) mass is 443 g/mol. The summed E-state index contributed by atoms with van der Waals surface area (Å²) in [7, 11) is 0. The van der Waals surface area contributed by atoms with Gasteiger partial charge >= 0.3 is 6.03 Å². The molecule has 2 aromatic heterocycles. The maximum atomic E-state index is 14.6. The number of amides is 2. The summed E-state index contributed by atoms with van der Waals surface area (Å²) in [5.41, 5.74) is 0.819. The normalized spacial score (nSPS) is 17.3. The maximum absolute atomic E-state index is 14.6. The molecule has 5 rings (SSSR count). The van der Waals surface area contributed by atoms with Crippen molar-refractivity contribution in [3.8, 4) is 11.1 Å². The van der Waals surface area contributed by atoms with E-state index in [0.717, 1.165) is 0 Å². The average Bonchev–Trinajstić information content (AvgIpc) is 3.39. The first-order valence-corrected chi connectivity index (χ1v) is 10.2. The van der Waals surface area contributed by atoms with Crippen LogP contribution < -0.4 is 10.2 Å². The number of urea groups is 1. The third kappa shape index (κ3) is 3.74. The van der Waals surface area contributed by atoms with E-state index in [9.17, 15) is 18.0 Å². The van der Waals surface area contributed by atoms with E-state index in [2.05, 4.69) is 20.5 Å². The Balaban J connectivity index is 1.51. The molecule has 1 N–H and O–H groups in total. The van der Waals surface area contributed by atoms with E-state index < -0.39 is 24.3 Å². The summed E-state index contributed by atoms with van der Waals surface area (Å²) in [6, 6.07) is 7.24. The third-order valence-corrected chi connectivity index (χ3v) is 5.72. The third-order valence-electron chi connectivity index (χ3n) is 5.72. The van der Waals surface area contributed by atoms with Crippen molar-refractivity contribution in [2.45, 2.75) is 25.4 Å². The number of benzene rings is 1. The standard InChI is InChI=1S/C21H20F3N7O/c22-16-4-2-1-3-14(16)15-5-7-25-19(30-8-6-21(23,24)12-30)18(15)27-20(32)29-9-10-31-13-26-28-17(31)11-29/h1-5,7,13H,6,8-12H2,(H,27,32). The Morgan fingerprint density at radius 2 is 1.94 bits per heavy atom. The van der Waals surface area contributed by atoms with Crippen LogP contribution in [0.25, 0.3) is 11.1 Å². The van der Waals surface area contributed by atoms with Gasteiger partial charge in [-0.3, -0.25) is 0 Å². The van der Waals surface area contributed by atoms with Gasteiger partial charge in [-0.25, -0.2) is 22.9 Å². The number of nitrogens with one attached hydrogen (secondary N) is 1. The van der Waals surface area contributed by atoms with Gasteiger partial charge < -0.3 is 19.7 Å². The van der Waals surface area contributed by atoms with Crippen LogP contribution in [-0.4, -0.2) is 56.2 Å². The van der Waals surface area contributed by atoms with E-state index in [-0.39, 0.29) is 36.6 Å². The van der Waals surface area contributed by atoms with E-state index in [1.165, 1.54) is 17.2 Å². The van der Waals surface area contributed by atoms with Crippen LogP contribution in [0.15, 0.2) is 42.9 Å². The number of anilines is 2. The van der Waals surface area contributed by atoms with Crippen molar-refractivity contribution in [3.05, 3.63) is 54.5 Å². The molecule has 0 aliphatic carbocycles. The van der Waals surface area contributed by atoms with Crippen LogP contribution in [0.5, 0.6) is 0 Å². The van der Waals surface area contributed by atoms with Crippen LogP contribution in [-0.2, 0) is 13.1 Å². The zero-order chi connectivity index (χ0) is 22.3. The number of nitrogens with zero attached hydrogens (tertiary/aromatic N) is 6. The number of hydrogen-bond donors (Lipinski definition) is 1. The molecule has 1 aromatic carbocycles. The number of fused-ring (bicyclic) bond motifs is 1. The lowest BCUT2D eigenvalue weighted by molar-refractivity contribution is 0.0257. The smallest absolute Gasteiger partial charge is 0.322 e. The molecule has 8 nitrogen and oxygen atoms in total. The minimum absolute atomic E-state index is 0.0798. The first kappa shape index (κ1) is 20.3. The van der Waals surface area contributed by atoms with Crippen molar-refractivity contribution in [1.82, 2.24) is 24.6 Å². The minimum atomic E-state index is -2.85. The quantitative estimate of drug-likeness (QED) is 0.672. The van der Waals surface area contributed by atoms with Crippen LogP contribution in [0.1, 0.15) is 12.2 Å². The van der Waals surface area contributed by atoms with Gasteiger partial charge in [-0.1, -0.05) is 18.2 Å². The average molecular weight is 443 g/mol. The van der Waals surface area contributed by atoms with Crippen molar-refractivity contribution in [3.63, 3.8) is 0 Å². The molecular weight excluding hydrogens is 423 g/mol. The molecule has 0 saturated carbocycles. The molecule has 0 unspecified atom stereocenters. The molecule has 11 heteroatoms. The van der Waals surface area contributed by atoms with E-state index in [1.54, 1.807) is 35.5 Å². The molecule has 1 saturated heterocycles. The molecule has 4 heterocycles. The van der Waals surface area contributed by atoms with Crippen LogP contribution in [0.3, 0.4) is 0 Å². The predicted molar refractivity (Wildman–Crippen MR) is 111 cm³/mol. The molecule has 166 valence electrons. The van der Waals surface area contributed by atoms with Crippen molar-refractivity contribution in [1.29, 1.82) is 0 Å². The van der Waals surface area contributed by atoms with Gasteiger partial charge in [0.15, 0.2) is 11.6 Å². The van der Waals surface area contributed by atoms with Crippen LogP contribution >= 0.6 is 0 Å². The number of carbonyl (C=O) groups excluding carboxylic acids is 1. The second-order valence-electron chi connectivity index (χ2n) is 7.86. The molecule has 0 bridgehead atoms. The zero-order valence-electron chi connectivity index (χ0n) is 17.0. The molecule has 3 aromatic rings. The molecule has 32 heavy (non-hydrogen) atoms. The van der Waals surface area contributed by atoms with Crippen LogP contribution in [0.2, 0.25) is 0 Å². The van der Waals surface area contributed by atoms with Crippen molar-refractivity contribution in [2.24, 2.45) is 0 Å². The van der Waals surface area contributed by atoms with E-state index in [1.807, 2.05) is 4.57 Å². The highest BCUT2D eigenvalue weighted by Gasteiger charge is 2.40. The summed E-state index contributed by atoms with van der Waals surface area (Å²) >= 11 is 0. The maximum Gasteiger partial charge on any atom is 0.322 e. The SMILES string of the molecule is O=C(Nc1c(-c2ccccc2F)ccnc1N1CCC(F)(F)C1)N1CCn2cnnc2C1. The van der Waals surface area contributed by atoms with Crippen molar-refractivity contribution < 1.29 is 18.0 Å². The number of aromatic nitrogens is 4. The molecule has 2 amide bonds. The van der Waals surface area contributed by atoms with Gasteiger partial charge in [-0.05, 0) is 12.1 Å². The Hall–Kier alpha value is -3.63. The van der Waals surface area contributed by atoms with Gasteiger partial charge in [0.2, 0.25) is 0 Å². The second kappa shape index (κ2) is 7.81. The number of hydrogen-bond acceptors (Lipinski definition) is 5. The van der Waals surface area contributed by atoms with Gasteiger partial charge in [-0.15, -0.1) is 10.2 Å². The lowest BCUT2D eigenvalue weighted by atomic mass is 10.0. The number of halogens is 3. The second-order valence-corrected chi connectivity index (χ2v) is 7.86. The summed E-state index contributed by atoms with van der Waals surface area (Å²) in [6.07, 6.45) is 2.73. The van der Waals surface area contributed by atoms with Crippen LogP contribution in [0, 0.1) is 5.82 Å². The highest BCUT2D eigenvalue weighted by molar-refractivity contribution is 5.98. The van der Waals surface area contributed by atoms with Gasteiger partial charge in [0.05, 0.1) is 18.8 Å². The Bertz CT molecular complexity index is 1170. The van der Waals surface area contributed by atoms with Gasteiger partial charge in [0.25, 0.3) is 5.92 Å². The zero-order valence-corrected chi connectivity index (χ0v) is 17.0. The fraction of sp³-hybridized carbons (Fsp3) is 0.333. The predicted octanol–water partition coefficient (Wildman–Crippen LogP) is 3.37. The molecule has 2 aliphatic rings. The fourth-order valence-electron chi connectivity index (χ4n) is 4.06. The van der Waals surface area contributed by atoms with Gasteiger partial charge in [0.1, 0.15) is 12.1 Å². The molecular formula is C21H20F3N7O. The summed E-state index contributed by atoms with van der Waals surface area (Å²) < 4.78 is 44.3. The first-order chi connectivity index (χ1) is 15.4.